The first-order valence-corrected chi connectivity index (χ1v) is 6.35. The van der Waals surface area contributed by atoms with Gasteiger partial charge in [0.05, 0.1) is 5.55 Å². The molecule has 1 aromatic carbocycles. The summed E-state index contributed by atoms with van der Waals surface area (Å²) in [7, 11) is -0.604. The van der Waals surface area contributed by atoms with Crippen LogP contribution in [-0.4, -0.2) is 22.4 Å². The van der Waals surface area contributed by atoms with Gasteiger partial charge in [0.2, 0.25) is 0 Å². The molecule has 0 bridgehead atoms. The molecule has 1 aliphatic heterocycles. The SMILES string of the molecule is O=C(O)CS1=NC(c2cccc(Cl)c2)N=C1. The van der Waals surface area contributed by atoms with Crippen LogP contribution in [0.3, 0.4) is 0 Å². The fourth-order valence-electron chi connectivity index (χ4n) is 1.33. The number of hydrogen-bond acceptors (Lipinski definition) is 3. The quantitative estimate of drug-likeness (QED) is 0.902. The van der Waals surface area contributed by atoms with E-state index >= 15 is 0 Å². The molecule has 1 aliphatic rings. The van der Waals surface area contributed by atoms with Crippen molar-refractivity contribution in [3.8, 4) is 0 Å². The van der Waals surface area contributed by atoms with Gasteiger partial charge in [-0.25, -0.2) is 4.36 Å². The van der Waals surface area contributed by atoms with Crippen LogP contribution in [0.4, 0.5) is 0 Å². The molecule has 1 aromatic rings. The third-order valence-electron chi connectivity index (χ3n) is 1.98. The first-order chi connectivity index (χ1) is 7.65. The second kappa shape index (κ2) is 4.76. The van der Waals surface area contributed by atoms with Crippen molar-refractivity contribution in [3.05, 3.63) is 34.9 Å². The molecule has 2 rings (SSSR count). The predicted octanol–water partition coefficient (Wildman–Crippen LogP) is 2.27. The third kappa shape index (κ3) is 2.68. The number of hydrogen-bond donors (Lipinski definition) is 1. The number of carbonyl (C=O) groups is 1. The van der Waals surface area contributed by atoms with Crippen LogP contribution in [0, 0.1) is 0 Å². The maximum Gasteiger partial charge on any atom is 0.314 e. The van der Waals surface area contributed by atoms with Gasteiger partial charge in [0.1, 0.15) is 5.75 Å². The van der Waals surface area contributed by atoms with E-state index < -0.39 is 16.7 Å². The lowest BCUT2D eigenvalue weighted by atomic mass is 10.2. The molecule has 0 saturated carbocycles. The maximum absolute atomic E-state index is 10.5. The molecule has 4 nitrogen and oxygen atoms in total. The minimum atomic E-state index is -0.856. The first-order valence-electron chi connectivity index (χ1n) is 4.56. The average Bonchev–Trinajstić information content (AvgIpc) is 2.65. The van der Waals surface area contributed by atoms with E-state index in [2.05, 4.69) is 9.36 Å². The minimum Gasteiger partial charge on any atom is -0.481 e. The van der Waals surface area contributed by atoms with Gasteiger partial charge in [-0.1, -0.05) is 23.7 Å². The Morgan fingerprint density at radius 3 is 3.06 bits per heavy atom. The molecule has 0 saturated heterocycles. The molecule has 6 heteroatoms. The molecule has 2 unspecified atom stereocenters. The summed E-state index contributed by atoms with van der Waals surface area (Å²) in [4.78, 5) is 14.7. The summed E-state index contributed by atoms with van der Waals surface area (Å²) in [5, 5.41) is 9.27. The monoisotopic (exact) mass is 256 g/mol. The van der Waals surface area contributed by atoms with Crippen LogP contribution >= 0.6 is 11.6 Å². The Bertz CT molecular complexity index is 487. The third-order valence-corrected chi connectivity index (χ3v) is 3.59. The molecule has 0 amide bonds. The van der Waals surface area contributed by atoms with Crippen LogP contribution in [0.15, 0.2) is 33.6 Å². The number of halogens is 1. The van der Waals surface area contributed by atoms with E-state index in [1.165, 1.54) is 0 Å². The fraction of sp³-hybridized carbons (Fsp3) is 0.200. The van der Waals surface area contributed by atoms with Gasteiger partial charge in [-0.2, -0.15) is 0 Å². The minimum absolute atomic E-state index is 0.0145. The van der Waals surface area contributed by atoms with Crippen molar-refractivity contribution in [2.24, 2.45) is 9.36 Å². The summed E-state index contributed by atoms with van der Waals surface area (Å²) in [5.41, 5.74) is 2.50. The summed E-state index contributed by atoms with van der Waals surface area (Å²) in [6.07, 6.45) is -0.304. The maximum atomic E-state index is 10.5. The van der Waals surface area contributed by atoms with Crippen molar-refractivity contribution in [2.75, 3.05) is 5.75 Å². The van der Waals surface area contributed by atoms with Crippen molar-refractivity contribution >= 4 is 33.8 Å². The van der Waals surface area contributed by atoms with Gasteiger partial charge < -0.3 is 5.11 Å². The normalized spacial score (nSPS) is 23.1. The number of rotatable bonds is 3. The van der Waals surface area contributed by atoms with Gasteiger partial charge in [-0.3, -0.25) is 9.79 Å². The van der Waals surface area contributed by atoms with Crippen molar-refractivity contribution in [2.45, 2.75) is 6.17 Å². The van der Waals surface area contributed by atoms with Gasteiger partial charge in [0.15, 0.2) is 6.17 Å². The lowest BCUT2D eigenvalue weighted by molar-refractivity contribution is -0.133. The molecule has 1 N–H and O–H groups in total. The lowest BCUT2D eigenvalue weighted by Crippen LogP contribution is -2.07. The number of carboxylic acid groups (broad SMARTS) is 1. The summed E-state index contributed by atoms with van der Waals surface area (Å²) in [5.74, 6) is -0.842. The topological polar surface area (TPSA) is 62.0 Å². The van der Waals surface area contributed by atoms with Crippen LogP contribution in [0.2, 0.25) is 5.02 Å². The van der Waals surface area contributed by atoms with Crippen molar-refractivity contribution < 1.29 is 9.90 Å². The van der Waals surface area contributed by atoms with E-state index in [0.29, 0.717) is 5.02 Å². The number of aliphatic imine (C=N–C) groups is 1. The lowest BCUT2D eigenvalue weighted by Gasteiger charge is -2.03. The Morgan fingerprint density at radius 2 is 2.38 bits per heavy atom. The number of carboxylic acids is 1. The highest BCUT2D eigenvalue weighted by molar-refractivity contribution is 8.01. The van der Waals surface area contributed by atoms with Gasteiger partial charge >= 0.3 is 5.97 Å². The predicted molar refractivity (Wildman–Crippen MR) is 65.0 cm³/mol. The highest BCUT2D eigenvalue weighted by Gasteiger charge is 2.15. The van der Waals surface area contributed by atoms with Gasteiger partial charge in [0.25, 0.3) is 0 Å². The van der Waals surface area contributed by atoms with E-state index in [4.69, 9.17) is 16.7 Å². The Kier molecular flexibility index (Phi) is 3.36. The first kappa shape index (κ1) is 11.3. The summed E-state index contributed by atoms with van der Waals surface area (Å²) in [6.45, 7) is 0. The van der Waals surface area contributed by atoms with Crippen molar-refractivity contribution in [1.29, 1.82) is 0 Å². The summed E-state index contributed by atoms with van der Waals surface area (Å²) in [6, 6.07) is 7.28. The van der Waals surface area contributed by atoms with Crippen LogP contribution < -0.4 is 0 Å². The zero-order valence-electron chi connectivity index (χ0n) is 8.21. The molecule has 0 fully saturated rings. The van der Waals surface area contributed by atoms with Gasteiger partial charge in [-0.15, -0.1) is 0 Å². The highest BCUT2D eigenvalue weighted by Crippen LogP contribution is 2.25. The Balaban J connectivity index is 2.17. The molecule has 0 radical (unpaired) electrons. The van der Waals surface area contributed by atoms with Crippen molar-refractivity contribution in [1.82, 2.24) is 0 Å². The molecule has 0 aromatic heterocycles. The van der Waals surface area contributed by atoms with E-state index in [1.54, 1.807) is 17.7 Å². The van der Waals surface area contributed by atoms with Gasteiger partial charge in [0, 0.05) is 10.6 Å². The molecule has 16 heavy (non-hydrogen) atoms. The molecule has 0 spiro atoms. The van der Waals surface area contributed by atoms with Crippen molar-refractivity contribution in [3.63, 3.8) is 0 Å². The van der Waals surface area contributed by atoms with E-state index in [0.717, 1.165) is 5.56 Å². The van der Waals surface area contributed by atoms with E-state index in [-0.39, 0.29) is 11.9 Å². The molecular weight excluding hydrogens is 248 g/mol. The Morgan fingerprint density at radius 1 is 1.56 bits per heavy atom. The standard InChI is InChI=1S/C10H9ClN2O2S/c11-8-3-1-2-7(4-8)10-12-6-16(13-10)5-9(14)15/h1-4,6,10H,5H2,(H,14,15). The number of aliphatic carboxylic acids is 1. The zero-order chi connectivity index (χ0) is 11.5. The van der Waals surface area contributed by atoms with E-state index in [9.17, 15) is 4.79 Å². The highest BCUT2D eigenvalue weighted by atomic mass is 35.5. The Hall–Kier alpha value is -1.20. The van der Waals surface area contributed by atoms with Crippen LogP contribution in [0.25, 0.3) is 0 Å². The van der Waals surface area contributed by atoms with Crippen LogP contribution in [0.1, 0.15) is 11.7 Å². The average molecular weight is 257 g/mol. The molecule has 1 heterocycles. The summed E-state index contributed by atoms with van der Waals surface area (Å²) < 4.78 is 4.31. The summed E-state index contributed by atoms with van der Waals surface area (Å²) >= 11 is 5.86. The number of benzene rings is 1. The second-order valence-electron chi connectivity index (χ2n) is 3.23. The molecule has 84 valence electrons. The molecule has 2 atom stereocenters. The smallest absolute Gasteiger partial charge is 0.314 e. The second-order valence-corrected chi connectivity index (χ2v) is 5.18. The van der Waals surface area contributed by atoms with E-state index in [1.807, 2.05) is 12.1 Å². The zero-order valence-corrected chi connectivity index (χ0v) is 9.78. The molecular formula is C10H9ClN2O2S. The van der Waals surface area contributed by atoms with Crippen LogP contribution in [-0.2, 0) is 15.5 Å². The Labute approximate surface area is 100 Å². The molecule has 0 aliphatic carbocycles. The largest absolute Gasteiger partial charge is 0.481 e. The fourth-order valence-corrected chi connectivity index (χ4v) is 2.67. The number of nitrogens with zero attached hydrogens (tertiary/aromatic N) is 2. The van der Waals surface area contributed by atoms with Crippen LogP contribution in [0.5, 0.6) is 0 Å². The van der Waals surface area contributed by atoms with Gasteiger partial charge in [-0.05, 0) is 22.8 Å².